The van der Waals surface area contributed by atoms with E-state index in [2.05, 4.69) is 32.3 Å². The van der Waals surface area contributed by atoms with Crippen LogP contribution in [0.5, 0.6) is 0 Å². The smallest absolute Gasteiger partial charge is 0.151 e. The van der Waals surface area contributed by atoms with Crippen LogP contribution in [0.25, 0.3) is 0 Å². The molecule has 5 heteroatoms. The van der Waals surface area contributed by atoms with Crippen molar-refractivity contribution >= 4 is 33.0 Å². The number of nitrogens with zero attached hydrogens (tertiary/aromatic N) is 2. The minimum atomic E-state index is -0.346. The Morgan fingerprint density at radius 1 is 1.50 bits per heavy atom. The molecular weight excluding hydrogens is 286 g/mol. The maximum Gasteiger partial charge on any atom is 0.151 e. The Morgan fingerprint density at radius 2 is 2.38 bits per heavy atom. The standard InChI is InChI=1S/C11H8BrN3S/c12-8-2-1-3-9(4-8)15-10(5-13)11-6-14-7-16-11/h1-4,6-7,10,15H. The fourth-order valence-corrected chi connectivity index (χ4v) is 2.29. The van der Waals surface area contributed by atoms with E-state index in [1.807, 2.05) is 24.3 Å². The summed E-state index contributed by atoms with van der Waals surface area (Å²) in [5.74, 6) is 0. The molecule has 0 aliphatic carbocycles. The van der Waals surface area contributed by atoms with Gasteiger partial charge in [0.25, 0.3) is 0 Å². The van der Waals surface area contributed by atoms with Gasteiger partial charge in [0.1, 0.15) is 0 Å². The van der Waals surface area contributed by atoms with Gasteiger partial charge in [-0.2, -0.15) is 5.26 Å². The number of hydrogen-bond donors (Lipinski definition) is 1. The molecule has 16 heavy (non-hydrogen) atoms. The van der Waals surface area contributed by atoms with Crippen LogP contribution in [-0.2, 0) is 0 Å². The Kier molecular flexibility index (Phi) is 3.54. The number of aromatic nitrogens is 1. The molecule has 2 rings (SSSR count). The minimum Gasteiger partial charge on any atom is -0.365 e. The van der Waals surface area contributed by atoms with E-state index >= 15 is 0 Å². The third kappa shape index (κ3) is 2.60. The molecule has 0 aliphatic rings. The molecule has 0 bridgehead atoms. The highest BCUT2D eigenvalue weighted by Gasteiger charge is 2.11. The van der Waals surface area contributed by atoms with E-state index in [9.17, 15) is 0 Å². The molecule has 1 heterocycles. The molecular formula is C11H8BrN3S. The summed E-state index contributed by atoms with van der Waals surface area (Å²) in [6.45, 7) is 0. The van der Waals surface area contributed by atoms with Gasteiger partial charge >= 0.3 is 0 Å². The van der Waals surface area contributed by atoms with Crippen LogP contribution in [0.3, 0.4) is 0 Å². The fraction of sp³-hybridized carbons (Fsp3) is 0.0909. The van der Waals surface area contributed by atoms with Gasteiger partial charge < -0.3 is 5.32 Å². The molecule has 80 valence electrons. The van der Waals surface area contributed by atoms with Crippen molar-refractivity contribution in [1.82, 2.24) is 4.98 Å². The van der Waals surface area contributed by atoms with Crippen molar-refractivity contribution in [1.29, 1.82) is 5.26 Å². The van der Waals surface area contributed by atoms with Gasteiger partial charge in [-0.25, -0.2) is 0 Å². The highest BCUT2D eigenvalue weighted by molar-refractivity contribution is 9.10. The normalized spacial score (nSPS) is 11.8. The number of anilines is 1. The molecule has 0 aliphatic heterocycles. The minimum absolute atomic E-state index is 0.346. The molecule has 0 fully saturated rings. The van der Waals surface area contributed by atoms with Crippen LogP contribution >= 0.6 is 27.3 Å². The summed E-state index contributed by atoms with van der Waals surface area (Å²) in [6, 6.07) is 9.60. The Morgan fingerprint density at radius 3 is 3.00 bits per heavy atom. The molecule has 0 saturated heterocycles. The molecule has 1 aromatic heterocycles. The van der Waals surface area contributed by atoms with E-state index in [1.54, 1.807) is 11.7 Å². The number of nitriles is 1. The van der Waals surface area contributed by atoms with E-state index in [1.165, 1.54) is 11.3 Å². The summed E-state index contributed by atoms with van der Waals surface area (Å²) < 4.78 is 0.985. The second-order valence-electron chi connectivity index (χ2n) is 3.12. The predicted molar refractivity (Wildman–Crippen MR) is 68.2 cm³/mol. The van der Waals surface area contributed by atoms with Gasteiger partial charge in [0.2, 0.25) is 0 Å². The summed E-state index contributed by atoms with van der Waals surface area (Å²) in [6.07, 6.45) is 1.71. The SMILES string of the molecule is N#CC(Nc1cccc(Br)c1)c1cncs1. The van der Waals surface area contributed by atoms with Crippen molar-refractivity contribution in [3.05, 3.63) is 45.3 Å². The number of halogens is 1. The largest absolute Gasteiger partial charge is 0.365 e. The molecule has 1 unspecified atom stereocenters. The van der Waals surface area contributed by atoms with Crippen LogP contribution in [0.2, 0.25) is 0 Å². The van der Waals surface area contributed by atoms with Crippen LogP contribution in [0.1, 0.15) is 10.9 Å². The molecule has 0 saturated carbocycles. The Balaban J connectivity index is 2.17. The lowest BCUT2D eigenvalue weighted by molar-refractivity contribution is 1.02. The first-order valence-corrected chi connectivity index (χ1v) is 6.27. The highest BCUT2D eigenvalue weighted by atomic mass is 79.9. The third-order valence-electron chi connectivity index (χ3n) is 2.00. The van der Waals surface area contributed by atoms with Crippen LogP contribution in [0, 0.1) is 11.3 Å². The number of benzene rings is 1. The maximum absolute atomic E-state index is 9.08. The first-order valence-electron chi connectivity index (χ1n) is 4.59. The van der Waals surface area contributed by atoms with Crippen molar-refractivity contribution in [2.45, 2.75) is 6.04 Å². The van der Waals surface area contributed by atoms with E-state index in [4.69, 9.17) is 5.26 Å². The summed E-state index contributed by atoms with van der Waals surface area (Å²) in [7, 11) is 0. The van der Waals surface area contributed by atoms with E-state index < -0.39 is 0 Å². The molecule has 0 amide bonds. The van der Waals surface area contributed by atoms with Gasteiger partial charge in [0, 0.05) is 16.4 Å². The van der Waals surface area contributed by atoms with Gasteiger partial charge in [-0.05, 0) is 18.2 Å². The lowest BCUT2D eigenvalue weighted by Crippen LogP contribution is -2.06. The van der Waals surface area contributed by atoms with Crippen molar-refractivity contribution in [3.8, 4) is 6.07 Å². The van der Waals surface area contributed by atoms with E-state index in [-0.39, 0.29) is 6.04 Å². The fourth-order valence-electron chi connectivity index (χ4n) is 1.28. The summed E-state index contributed by atoms with van der Waals surface area (Å²) in [5, 5.41) is 12.2. The van der Waals surface area contributed by atoms with E-state index in [0.29, 0.717) is 0 Å². The van der Waals surface area contributed by atoms with Gasteiger partial charge in [0.15, 0.2) is 6.04 Å². The summed E-state index contributed by atoms with van der Waals surface area (Å²) in [4.78, 5) is 4.89. The van der Waals surface area contributed by atoms with Crippen LogP contribution in [0.15, 0.2) is 40.4 Å². The first kappa shape index (κ1) is 11.1. The monoisotopic (exact) mass is 293 g/mol. The zero-order valence-electron chi connectivity index (χ0n) is 8.22. The van der Waals surface area contributed by atoms with Crippen LogP contribution in [0.4, 0.5) is 5.69 Å². The molecule has 1 atom stereocenters. The van der Waals surface area contributed by atoms with E-state index in [0.717, 1.165) is 15.0 Å². The maximum atomic E-state index is 9.08. The van der Waals surface area contributed by atoms with Gasteiger partial charge in [-0.15, -0.1) is 11.3 Å². The quantitative estimate of drug-likeness (QED) is 0.941. The molecule has 0 spiro atoms. The highest BCUT2D eigenvalue weighted by Crippen LogP contribution is 2.23. The number of thiazole rings is 1. The van der Waals surface area contributed by atoms with Crippen LogP contribution in [-0.4, -0.2) is 4.98 Å². The van der Waals surface area contributed by atoms with Crippen molar-refractivity contribution in [3.63, 3.8) is 0 Å². The van der Waals surface area contributed by atoms with Crippen molar-refractivity contribution in [2.75, 3.05) is 5.32 Å². The molecule has 0 radical (unpaired) electrons. The van der Waals surface area contributed by atoms with Gasteiger partial charge in [0.05, 0.1) is 16.5 Å². The predicted octanol–water partition coefficient (Wildman–Crippen LogP) is 3.58. The lowest BCUT2D eigenvalue weighted by Gasteiger charge is -2.10. The number of hydrogen-bond acceptors (Lipinski definition) is 4. The first-order chi connectivity index (χ1) is 7.79. The number of nitrogens with one attached hydrogen (secondary N) is 1. The Labute approximate surface area is 106 Å². The Hall–Kier alpha value is -1.38. The molecule has 2 aromatic rings. The third-order valence-corrected chi connectivity index (χ3v) is 3.33. The zero-order valence-corrected chi connectivity index (χ0v) is 10.6. The zero-order chi connectivity index (χ0) is 11.4. The lowest BCUT2D eigenvalue weighted by atomic mass is 10.2. The number of rotatable bonds is 3. The molecule has 1 aromatic carbocycles. The van der Waals surface area contributed by atoms with Gasteiger partial charge in [-0.3, -0.25) is 4.98 Å². The Bertz CT molecular complexity index is 504. The topological polar surface area (TPSA) is 48.7 Å². The second-order valence-corrected chi connectivity index (χ2v) is 4.95. The summed E-state index contributed by atoms with van der Waals surface area (Å²) >= 11 is 4.86. The summed E-state index contributed by atoms with van der Waals surface area (Å²) in [5.41, 5.74) is 2.64. The molecule has 3 nitrogen and oxygen atoms in total. The van der Waals surface area contributed by atoms with Gasteiger partial charge in [-0.1, -0.05) is 22.0 Å². The second kappa shape index (κ2) is 5.10. The van der Waals surface area contributed by atoms with Crippen molar-refractivity contribution in [2.24, 2.45) is 0 Å². The van der Waals surface area contributed by atoms with Crippen molar-refractivity contribution < 1.29 is 0 Å². The molecule has 1 N–H and O–H groups in total. The van der Waals surface area contributed by atoms with Crippen LogP contribution < -0.4 is 5.32 Å². The average molecular weight is 294 g/mol. The average Bonchev–Trinajstić information content (AvgIpc) is 2.79.